The Labute approximate surface area is 251 Å². The number of amides is 1. The SMILES string of the molecule is COc1ccc(-c2c(C)nn3c(N(Cc4cc(C)nn4C)C(=O)OC(C)(C)C)cc(N4CC5(COC5)C4)nc23)cc1OC. The highest BCUT2D eigenvalue weighted by Crippen LogP contribution is 2.42. The number of nitrogens with zero attached hydrogens (tertiary/aromatic N) is 7. The van der Waals surface area contributed by atoms with Crippen molar-refractivity contribution in [1.29, 1.82) is 0 Å². The Kier molecular flexibility index (Phi) is 6.99. The highest BCUT2D eigenvalue weighted by atomic mass is 16.6. The predicted octanol–water partition coefficient (Wildman–Crippen LogP) is 4.54. The molecule has 2 aliphatic rings. The van der Waals surface area contributed by atoms with Crippen LogP contribution in [0.1, 0.15) is 37.9 Å². The van der Waals surface area contributed by atoms with E-state index in [9.17, 15) is 4.79 Å². The van der Waals surface area contributed by atoms with E-state index in [4.69, 9.17) is 29.0 Å². The molecule has 0 atom stereocenters. The fraction of sp³-hybridized carbons (Fsp3) is 0.484. The molecule has 0 saturated carbocycles. The normalized spacial score (nSPS) is 15.8. The molecule has 1 aromatic carbocycles. The number of rotatable bonds is 7. The van der Waals surface area contributed by atoms with Crippen molar-refractivity contribution in [2.75, 3.05) is 50.3 Å². The first-order valence-electron chi connectivity index (χ1n) is 14.4. The van der Waals surface area contributed by atoms with Crippen molar-refractivity contribution in [2.24, 2.45) is 12.5 Å². The van der Waals surface area contributed by atoms with Crippen molar-refractivity contribution < 1.29 is 23.7 Å². The Morgan fingerprint density at radius 3 is 2.35 bits per heavy atom. The minimum Gasteiger partial charge on any atom is -0.493 e. The van der Waals surface area contributed by atoms with E-state index in [2.05, 4.69) is 10.00 Å². The van der Waals surface area contributed by atoms with E-state index >= 15 is 0 Å². The average Bonchev–Trinajstić information content (AvgIpc) is 3.40. The summed E-state index contributed by atoms with van der Waals surface area (Å²) >= 11 is 0. The fourth-order valence-corrected chi connectivity index (χ4v) is 5.81. The molecule has 0 N–H and O–H groups in total. The second kappa shape index (κ2) is 10.4. The van der Waals surface area contributed by atoms with Crippen molar-refractivity contribution in [3.63, 3.8) is 0 Å². The first-order valence-corrected chi connectivity index (χ1v) is 14.4. The van der Waals surface area contributed by atoms with Gasteiger partial charge < -0.3 is 23.8 Å². The minimum absolute atomic E-state index is 0.174. The van der Waals surface area contributed by atoms with Crippen LogP contribution >= 0.6 is 0 Å². The molecule has 6 rings (SSSR count). The van der Waals surface area contributed by atoms with Gasteiger partial charge in [0.25, 0.3) is 0 Å². The molecule has 3 aromatic heterocycles. The van der Waals surface area contributed by atoms with Crippen LogP contribution in [0.15, 0.2) is 30.3 Å². The first-order chi connectivity index (χ1) is 20.4. The molecule has 1 amide bonds. The second-order valence-electron chi connectivity index (χ2n) is 12.6. The Bertz CT molecular complexity index is 1690. The summed E-state index contributed by atoms with van der Waals surface area (Å²) in [6.45, 7) is 12.9. The van der Waals surface area contributed by atoms with Crippen molar-refractivity contribution in [2.45, 2.75) is 46.8 Å². The Morgan fingerprint density at radius 2 is 1.77 bits per heavy atom. The Morgan fingerprint density at radius 1 is 1.05 bits per heavy atom. The third kappa shape index (κ3) is 5.24. The van der Waals surface area contributed by atoms with Gasteiger partial charge in [0.1, 0.15) is 17.2 Å². The number of fused-ring (bicyclic) bond motifs is 1. The summed E-state index contributed by atoms with van der Waals surface area (Å²) in [6.07, 6.45) is -0.488. The third-order valence-electron chi connectivity index (χ3n) is 7.91. The van der Waals surface area contributed by atoms with Gasteiger partial charge in [0, 0.05) is 31.8 Å². The van der Waals surface area contributed by atoms with Gasteiger partial charge in [0.2, 0.25) is 0 Å². The second-order valence-corrected chi connectivity index (χ2v) is 12.6. The average molecular weight is 590 g/mol. The molecule has 2 saturated heterocycles. The van der Waals surface area contributed by atoms with Crippen molar-refractivity contribution in [3.05, 3.63) is 47.4 Å². The van der Waals surface area contributed by atoms with Gasteiger partial charge >= 0.3 is 6.09 Å². The van der Waals surface area contributed by atoms with Gasteiger partial charge in [-0.2, -0.15) is 14.7 Å². The highest BCUT2D eigenvalue weighted by Gasteiger charge is 2.49. The highest BCUT2D eigenvalue weighted by molar-refractivity contribution is 5.90. The molecule has 5 heterocycles. The number of anilines is 2. The summed E-state index contributed by atoms with van der Waals surface area (Å²) in [5.74, 6) is 2.54. The molecule has 2 fully saturated rings. The summed E-state index contributed by atoms with van der Waals surface area (Å²) in [6, 6.07) is 9.65. The molecule has 0 unspecified atom stereocenters. The fourth-order valence-electron chi connectivity index (χ4n) is 5.81. The van der Waals surface area contributed by atoms with Crippen molar-refractivity contribution >= 4 is 23.4 Å². The first kappa shape index (κ1) is 28.8. The zero-order valence-electron chi connectivity index (χ0n) is 26.1. The molecule has 0 radical (unpaired) electrons. The predicted molar refractivity (Wildman–Crippen MR) is 162 cm³/mol. The number of aryl methyl sites for hydroxylation is 3. The Hall–Kier alpha value is -4.32. The van der Waals surface area contributed by atoms with Gasteiger partial charge in [-0.05, 0) is 58.4 Å². The number of benzene rings is 1. The van der Waals surface area contributed by atoms with E-state index < -0.39 is 11.7 Å². The van der Waals surface area contributed by atoms with Crippen molar-refractivity contribution in [1.82, 2.24) is 24.4 Å². The molecule has 0 bridgehead atoms. The van der Waals surface area contributed by atoms with Crippen LogP contribution in [0.25, 0.3) is 16.8 Å². The monoisotopic (exact) mass is 589 g/mol. The molecule has 2 aliphatic heterocycles. The number of carbonyl (C=O) groups is 1. The summed E-state index contributed by atoms with van der Waals surface area (Å²) in [7, 11) is 5.10. The molecular weight excluding hydrogens is 550 g/mol. The van der Waals surface area contributed by atoms with E-state index in [0.29, 0.717) is 23.0 Å². The maximum Gasteiger partial charge on any atom is 0.416 e. The molecule has 12 heteroatoms. The van der Waals surface area contributed by atoms with Crippen LogP contribution in [-0.2, 0) is 23.1 Å². The van der Waals surface area contributed by atoms with Gasteiger partial charge in [0.15, 0.2) is 17.1 Å². The summed E-state index contributed by atoms with van der Waals surface area (Å²) in [4.78, 5) is 22.9. The molecular formula is C31H39N7O5. The summed E-state index contributed by atoms with van der Waals surface area (Å²) < 4.78 is 26.0. The zero-order valence-corrected chi connectivity index (χ0v) is 26.1. The van der Waals surface area contributed by atoms with Crippen LogP contribution in [0.4, 0.5) is 16.4 Å². The van der Waals surface area contributed by atoms with E-state index in [1.54, 1.807) is 28.3 Å². The lowest BCUT2D eigenvalue weighted by atomic mass is 9.78. The summed E-state index contributed by atoms with van der Waals surface area (Å²) in [5.41, 5.74) is 4.28. The molecule has 12 nitrogen and oxygen atoms in total. The number of hydrogen-bond donors (Lipinski definition) is 0. The maximum atomic E-state index is 13.9. The number of hydrogen-bond acceptors (Lipinski definition) is 9. The molecule has 4 aromatic rings. The number of aromatic nitrogens is 5. The third-order valence-corrected chi connectivity index (χ3v) is 7.91. The van der Waals surface area contributed by atoms with Gasteiger partial charge in [0.05, 0.1) is 56.5 Å². The van der Waals surface area contributed by atoms with Crippen LogP contribution in [0.2, 0.25) is 0 Å². The maximum absolute atomic E-state index is 13.9. The molecule has 1 spiro atoms. The van der Waals surface area contributed by atoms with Gasteiger partial charge in [-0.3, -0.25) is 9.58 Å². The van der Waals surface area contributed by atoms with Gasteiger partial charge in [-0.1, -0.05) is 6.07 Å². The number of carbonyl (C=O) groups excluding carboxylic acids is 1. The van der Waals surface area contributed by atoms with Crippen LogP contribution in [0, 0.1) is 19.3 Å². The van der Waals surface area contributed by atoms with Gasteiger partial charge in [-0.15, -0.1) is 0 Å². The quantitative estimate of drug-likeness (QED) is 0.307. The van der Waals surface area contributed by atoms with E-state index in [1.807, 2.05) is 72.0 Å². The lowest BCUT2D eigenvalue weighted by Gasteiger charge is -2.55. The standard InChI is InChI=1S/C31H39N7O5/c1-19-11-22(35(6)33-19)14-37(29(39)43-30(3,4)5)26-13-25(36-15-31(16-36)17-42-18-31)32-28-27(20(2)34-38(26)28)21-9-10-23(40-7)24(12-21)41-8/h9-13H,14-18H2,1-8H3. The van der Waals surface area contributed by atoms with Crippen LogP contribution in [-0.4, -0.2) is 76.6 Å². The van der Waals surface area contributed by atoms with Crippen LogP contribution in [0.3, 0.4) is 0 Å². The Balaban J connectivity index is 1.54. The number of ether oxygens (including phenoxy) is 4. The number of methoxy groups -OCH3 is 2. The van der Waals surface area contributed by atoms with E-state index in [-0.39, 0.29) is 12.0 Å². The van der Waals surface area contributed by atoms with Crippen molar-refractivity contribution in [3.8, 4) is 22.6 Å². The molecule has 0 aliphatic carbocycles. The minimum atomic E-state index is -0.703. The van der Waals surface area contributed by atoms with Crippen LogP contribution < -0.4 is 19.3 Å². The molecule has 228 valence electrons. The van der Waals surface area contributed by atoms with Crippen LogP contribution in [0.5, 0.6) is 11.5 Å². The lowest BCUT2D eigenvalue weighted by Crippen LogP contribution is -2.66. The largest absolute Gasteiger partial charge is 0.493 e. The van der Waals surface area contributed by atoms with Gasteiger partial charge in [-0.25, -0.2) is 9.78 Å². The van der Waals surface area contributed by atoms with E-state index in [0.717, 1.165) is 60.3 Å². The van der Waals surface area contributed by atoms with E-state index in [1.165, 1.54) is 0 Å². The lowest BCUT2D eigenvalue weighted by molar-refractivity contribution is -0.127. The molecule has 43 heavy (non-hydrogen) atoms. The smallest absolute Gasteiger partial charge is 0.416 e. The summed E-state index contributed by atoms with van der Waals surface area (Å²) in [5, 5.41) is 9.43. The topological polar surface area (TPSA) is 108 Å². The zero-order chi connectivity index (χ0) is 30.7.